The second-order valence-corrected chi connectivity index (χ2v) is 6.43. The maximum absolute atomic E-state index is 11.9. The molecule has 0 saturated carbocycles. The second kappa shape index (κ2) is 6.64. The summed E-state index contributed by atoms with van der Waals surface area (Å²) in [5.74, 6) is 1.59. The predicted molar refractivity (Wildman–Crippen MR) is 73.2 cm³/mol. The average molecular weight is 259 g/mol. The lowest BCUT2D eigenvalue weighted by Gasteiger charge is -2.29. The molecule has 0 aromatic rings. The van der Waals surface area contributed by atoms with Crippen LogP contribution in [0.2, 0.25) is 0 Å². The van der Waals surface area contributed by atoms with E-state index in [1.54, 1.807) is 11.8 Å². The minimum atomic E-state index is -0.674. The van der Waals surface area contributed by atoms with Gasteiger partial charge in [-0.25, -0.2) is 0 Å². The molecule has 1 rings (SSSR count). The van der Waals surface area contributed by atoms with Crippen LogP contribution in [0.1, 0.15) is 40.0 Å². The first-order chi connectivity index (χ1) is 7.93. The van der Waals surface area contributed by atoms with Gasteiger partial charge in [-0.1, -0.05) is 13.8 Å². The van der Waals surface area contributed by atoms with Crippen LogP contribution < -0.4 is 0 Å². The van der Waals surface area contributed by atoms with Crippen molar-refractivity contribution in [1.82, 2.24) is 4.90 Å². The zero-order valence-corrected chi connectivity index (χ0v) is 12.1. The van der Waals surface area contributed by atoms with Gasteiger partial charge in [0, 0.05) is 18.8 Å². The van der Waals surface area contributed by atoms with Gasteiger partial charge in [-0.05, 0) is 32.1 Å². The Bertz CT molecular complexity index is 248. The first-order valence-corrected chi connectivity index (χ1v) is 7.67. The van der Waals surface area contributed by atoms with Crippen LogP contribution in [0.5, 0.6) is 0 Å². The average Bonchev–Trinajstić information content (AvgIpc) is 2.29. The molecule has 0 spiro atoms. The summed E-state index contributed by atoms with van der Waals surface area (Å²) in [6.45, 7) is 7.69. The molecule has 1 aliphatic rings. The molecule has 1 atom stereocenters. The van der Waals surface area contributed by atoms with Crippen LogP contribution in [0.15, 0.2) is 0 Å². The highest BCUT2D eigenvalue weighted by Gasteiger charge is 2.25. The van der Waals surface area contributed by atoms with Crippen LogP contribution in [0.25, 0.3) is 0 Å². The number of thioether (sulfide) groups is 1. The molecule has 0 radical (unpaired) electrons. The smallest absolute Gasteiger partial charge is 0.232 e. The molecule has 0 bridgehead atoms. The molecule has 1 saturated heterocycles. The monoisotopic (exact) mass is 259 g/mol. The molecule has 1 aliphatic heterocycles. The highest BCUT2D eigenvalue weighted by Crippen LogP contribution is 2.22. The van der Waals surface area contributed by atoms with Crippen LogP contribution >= 0.6 is 11.8 Å². The van der Waals surface area contributed by atoms with E-state index in [4.69, 9.17) is 0 Å². The Morgan fingerprint density at radius 2 is 1.94 bits per heavy atom. The summed E-state index contributed by atoms with van der Waals surface area (Å²) in [4.78, 5) is 13.8. The van der Waals surface area contributed by atoms with Crippen molar-refractivity contribution in [1.29, 1.82) is 0 Å². The zero-order valence-electron chi connectivity index (χ0n) is 11.2. The molecule has 0 aromatic heterocycles. The molecular formula is C13H25NO2S. The van der Waals surface area contributed by atoms with Crippen molar-refractivity contribution in [3.63, 3.8) is 0 Å². The lowest BCUT2D eigenvalue weighted by molar-refractivity contribution is -0.129. The summed E-state index contributed by atoms with van der Waals surface area (Å²) >= 11 is 1.55. The standard InChI is InChI=1S/C13H25NO2S/c1-11(2)13(3,16)10-17-9-12(15)14-7-5-4-6-8-14/h11,16H,4-10H2,1-3H3. The fraction of sp³-hybridized carbons (Fsp3) is 0.923. The van der Waals surface area contributed by atoms with E-state index in [2.05, 4.69) is 0 Å². The second-order valence-electron chi connectivity index (χ2n) is 5.45. The van der Waals surface area contributed by atoms with E-state index in [-0.39, 0.29) is 11.8 Å². The number of likely N-dealkylation sites (tertiary alicyclic amines) is 1. The van der Waals surface area contributed by atoms with Gasteiger partial charge in [0.25, 0.3) is 0 Å². The van der Waals surface area contributed by atoms with Crippen molar-refractivity contribution < 1.29 is 9.90 Å². The van der Waals surface area contributed by atoms with Gasteiger partial charge in [-0.3, -0.25) is 4.79 Å². The maximum atomic E-state index is 11.9. The number of hydrogen-bond acceptors (Lipinski definition) is 3. The Balaban J connectivity index is 2.24. The van der Waals surface area contributed by atoms with Crippen molar-refractivity contribution >= 4 is 17.7 Å². The minimum absolute atomic E-state index is 0.222. The Morgan fingerprint density at radius 1 is 1.35 bits per heavy atom. The van der Waals surface area contributed by atoms with Gasteiger partial charge in [0.2, 0.25) is 5.91 Å². The van der Waals surface area contributed by atoms with Gasteiger partial charge < -0.3 is 10.0 Å². The SMILES string of the molecule is CC(C)C(C)(O)CSCC(=O)N1CCCCC1. The van der Waals surface area contributed by atoms with E-state index in [1.165, 1.54) is 6.42 Å². The summed E-state index contributed by atoms with van der Waals surface area (Å²) in [6, 6.07) is 0. The van der Waals surface area contributed by atoms with Crippen molar-refractivity contribution in [2.45, 2.75) is 45.6 Å². The lowest BCUT2D eigenvalue weighted by atomic mass is 9.95. The number of aliphatic hydroxyl groups is 1. The Labute approximate surface area is 109 Å². The van der Waals surface area contributed by atoms with Crippen molar-refractivity contribution in [3.05, 3.63) is 0 Å². The quantitative estimate of drug-likeness (QED) is 0.822. The number of piperidine rings is 1. The van der Waals surface area contributed by atoms with Gasteiger partial charge >= 0.3 is 0 Å². The molecule has 4 heteroatoms. The number of rotatable bonds is 5. The molecule has 1 amide bonds. The number of hydrogen-bond donors (Lipinski definition) is 1. The predicted octanol–water partition coefficient (Wildman–Crippen LogP) is 2.14. The van der Waals surface area contributed by atoms with E-state index < -0.39 is 5.60 Å². The molecule has 1 heterocycles. The third kappa shape index (κ3) is 4.88. The molecular weight excluding hydrogens is 234 g/mol. The highest BCUT2D eigenvalue weighted by molar-refractivity contribution is 8.00. The Kier molecular flexibility index (Phi) is 5.80. The van der Waals surface area contributed by atoms with E-state index in [9.17, 15) is 9.90 Å². The first-order valence-electron chi connectivity index (χ1n) is 6.51. The highest BCUT2D eigenvalue weighted by atomic mass is 32.2. The van der Waals surface area contributed by atoms with Gasteiger partial charge in [-0.2, -0.15) is 0 Å². The van der Waals surface area contributed by atoms with Gasteiger partial charge in [0.15, 0.2) is 0 Å². The third-order valence-corrected chi connectivity index (χ3v) is 4.81. The molecule has 1 unspecified atom stereocenters. The summed E-state index contributed by atoms with van der Waals surface area (Å²) in [6.07, 6.45) is 3.53. The zero-order chi connectivity index (χ0) is 12.9. The summed E-state index contributed by atoms with van der Waals surface area (Å²) in [7, 11) is 0. The van der Waals surface area contributed by atoms with Gasteiger partial charge in [0.1, 0.15) is 0 Å². The molecule has 3 nitrogen and oxygen atoms in total. The maximum Gasteiger partial charge on any atom is 0.232 e. The number of nitrogens with zero attached hydrogens (tertiary/aromatic N) is 1. The van der Waals surface area contributed by atoms with Crippen LogP contribution in [-0.2, 0) is 4.79 Å². The van der Waals surface area contributed by atoms with Crippen molar-refractivity contribution in [3.8, 4) is 0 Å². The van der Waals surface area contributed by atoms with Crippen LogP contribution in [0.3, 0.4) is 0 Å². The number of amides is 1. The van der Waals surface area contributed by atoms with Crippen LogP contribution in [-0.4, -0.2) is 46.1 Å². The molecule has 0 aliphatic carbocycles. The summed E-state index contributed by atoms with van der Waals surface area (Å²) in [5.41, 5.74) is -0.674. The Morgan fingerprint density at radius 3 is 2.47 bits per heavy atom. The lowest BCUT2D eigenvalue weighted by Crippen LogP contribution is -2.38. The van der Waals surface area contributed by atoms with E-state index in [0.29, 0.717) is 11.5 Å². The summed E-state index contributed by atoms with van der Waals surface area (Å²) < 4.78 is 0. The fourth-order valence-electron chi connectivity index (χ4n) is 1.75. The molecule has 17 heavy (non-hydrogen) atoms. The third-order valence-electron chi connectivity index (χ3n) is 3.57. The van der Waals surface area contributed by atoms with E-state index in [1.807, 2.05) is 25.7 Å². The van der Waals surface area contributed by atoms with Crippen molar-refractivity contribution in [2.75, 3.05) is 24.6 Å². The van der Waals surface area contributed by atoms with Gasteiger partial charge in [-0.15, -0.1) is 11.8 Å². The van der Waals surface area contributed by atoms with E-state index in [0.717, 1.165) is 25.9 Å². The molecule has 100 valence electrons. The molecule has 0 aromatic carbocycles. The van der Waals surface area contributed by atoms with Crippen molar-refractivity contribution in [2.24, 2.45) is 5.92 Å². The first kappa shape index (κ1) is 14.8. The van der Waals surface area contributed by atoms with Gasteiger partial charge in [0.05, 0.1) is 11.4 Å². The largest absolute Gasteiger partial charge is 0.389 e. The fourth-order valence-corrected chi connectivity index (χ4v) is 2.95. The minimum Gasteiger partial charge on any atom is -0.389 e. The van der Waals surface area contributed by atoms with E-state index >= 15 is 0 Å². The number of carbonyl (C=O) groups excluding carboxylic acids is 1. The van der Waals surface area contributed by atoms with Crippen LogP contribution in [0.4, 0.5) is 0 Å². The molecule has 1 fully saturated rings. The number of carbonyl (C=O) groups is 1. The summed E-state index contributed by atoms with van der Waals surface area (Å²) in [5, 5.41) is 10.1. The topological polar surface area (TPSA) is 40.5 Å². The molecule has 1 N–H and O–H groups in total. The Hall–Kier alpha value is -0.220. The van der Waals surface area contributed by atoms with Crippen LogP contribution in [0, 0.1) is 5.92 Å². The normalized spacial score (nSPS) is 20.4.